The van der Waals surface area contributed by atoms with Crippen molar-refractivity contribution in [3.63, 3.8) is 0 Å². The second-order valence-corrected chi connectivity index (χ2v) is 4.91. The first kappa shape index (κ1) is 14.0. The Labute approximate surface area is 116 Å². The molecule has 0 aliphatic heterocycles. The van der Waals surface area contributed by atoms with Gasteiger partial charge in [-0.05, 0) is 19.3 Å². The van der Waals surface area contributed by atoms with E-state index in [2.05, 4.69) is 15.3 Å². The molecule has 1 heterocycles. The van der Waals surface area contributed by atoms with E-state index >= 15 is 0 Å². The van der Waals surface area contributed by atoms with Crippen molar-refractivity contribution in [1.29, 1.82) is 0 Å². The summed E-state index contributed by atoms with van der Waals surface area (Å²) in [6.07, 6.45) is 3.18. The number of methoxy groups -OCH3 is 2. The van der Waals surface area contributed by atoms with Gasteiger partial charge in [0.25, 0.3) is 0 Å². The number of hydrogen-bond donors (Lipinski definition) is 1. The lowest BCUT2D eigenvalue weighted by Crippen LogP contribution is -2.42. The number of nitrogens with one attached hydrogen (secondary N) is 1. The highest BCUT2D eigenvalue weighted by atomic mass is 35.5. The lowest BCUT2D eigenvalue weighted by molar-refractivity contribution is -0.129. The molecule has 1 fully saturated rings. The normalized spacial score (nSPS) is 16.6. The third-order valence-electron chi connectivity index (χ3n) is 3.31. The SMILES string of the molecule is COc1cc(Cl)nc(NC(=O)CC2(OC)CCC2)n1. The van der Waals surface area contributed by atoms with Crippen LogP contribution in [0.1, 0.15) is 25.7 Å². The zero-order valence-corrected chi connectivity index (χ0v) is 11.7. The molecule has 1 aliphatic rings. The third-order valence-corrected chi connectivity index (χ3v) is 3.51. The lowest BCUT2D eigenvalue weighted by atomic mass is 9.77. The molecule has 1 amide bonds. The Morgan fingerprint density at radius 2 is 2.21 bits per heavy atom. The van der Waals surface area contributed by atoms with Gasteiger partial charge in [-0.15, -0.1) is 0 Å². The molecular weight excluding hydrogens is 270 g/mol. The Morgan fingerprint density at radius 3 is 2.74 bits per heavy atom. The molecule has 6 nitrogen and oxygen atoms in total. The highest BCUT2D eigenvalue weighted by molar-refractivity contribution is 6.29. The van der Waals surface area contributed by atoms with Gasteiger partial charge in [0.05, 0.1) is 19.1 Å². The topological polar surface area (TPSA) is 73.3 Å². The van der Waals surface area contributed by atoms with Gasteiger partial charge in [0.15, 0.2) is 0 Å². The van der Waals surface area contributed by atoms with Gasteiger partial charge in [-0.1, -0.05) is 11.6 Å². The molecule has 1 aromatic rings. The maximum absolute atomic E-state index is 11.9. The van der Waals surface area contributed by atoms with E-state index in [-0.39, 0.29) is 22.6 Å². The smallest absolute Gasteiger partial charge is 0.234 e. The minimum atomic E-state index is -0.327. The van der Waals surface area contributed by atoms with Crippen molar-refractivity contribution in [2.24, 2.45) is 0 Å². The van der Waals surface area contributed by atoms with Crippen LogP contribution in [0.3, 0.4) is 0 Å². The van der Waals surface area contributed by atoms with Crippen LogP contribution in [0, 0.1) is 0 Å². The van der Waals surface area contributed by atoms with E-state index in [0.29, 0.717) is 12.3 Å². The van der Waals surface area contributed by atoms with E-state index in [9.17, 15) is 4.79 Å². The first-order chi connectivity index (χ1) is 9.07. The molecule has 1 aromatic heterocycles. The second kappa shape index (κ2) is 5.71. The molecule has 0 spiro atoms. The maximum atomic E-state index is 11.9. The summed E-state index contributed by atoms with van der Waals surface area (Å²) < 4.78 is 10.4. The monoisotopic (exact) mass is 285 g/mol. The van der Waals surface area contributed by atoms with Crippen LogP contribution >= 0.6 is 11.6 Å². The van der Waals surface area contributed by atoms with Crippen molar-refractivity contribution < 1.29 is 14.3 Å². The fourth-order valence-electron chi connectivity index (χ4n) is 2.04. The van der Waals surface area contributed by atoms with Crippen molar-refractivity contribution in [3.8, 4) is 5.88 Å². The quantitative estimate of drug-likeness (QED) is 0.838. The number of aromatic nitrogens is 2. The molecule has 19 heavy (non-hydrogen) atoms. The summed E-state index contributed by atoms with van der Waals surface area (Å²) in [6.45, 7) is 0. The zero-order chi connectivity index (χ0) is 13.9. The summed E-state index contributed by atoms with van der Waals surface area (Å²) in [5.74, 6) is 0.256. The molecule has 0 aromatic carbocycles. The molecule has 1 saturated carbocycles. The van der Waals surface area contributed by atoms with Gasteiger partial charge in [-0.2, -0.15) is 4.98 Å². The van der Waals surface area contributed by atoms with Gasteiger partial charge >= 0.3 is 0 Å². The summed E-state index contributed by atoms with van der Waals surface area (Å²) >= 11 is 5.80. The van der Waals surface area contributed by atoms with Gasteiger partial charge in [0.1, 0.15) is 5.15 Å². The highest BCUT2D eigenvalue weighted by Crippen LogP contribution is 2.38. The third kappa shape index (κ3) is 3.33. The Hall–Kier alpha value is -1.40. The van der Waals surface area contributed by atoms with Gasteiger partial charge in [0, 0.05) is 13.2 Å². The van der Waals surface area contributed by atoms with Crippen molar-refractivity contribution in [1.82, 2.24) is 9.97 Å². The molecule has 0 radical (unpaired) electrons. The number of carbonyl (C=O) groups excluding carboxylic acids is 1. The summed E-state index contributed by atoms with van der Waals surface area (Å²) in [4.78, 5) is 19.9. The molecular formula is C12H16ClN3O3. The predicted molar refractivity (Wildman–Crippen MR) is 70.4 cm³/mol. The largest absolute Gasteiger partial charge is 0.481 e. The number of ether oxygens (including phenoxy) is 2. The fourth-order valence-corrected chi connectivity index (χ4v) is 2.22. The van der Waals surface area contributed by atoms with Gasteiger partial charge in [-0.3, -0.25) is 10.1 Å². The number of hydrogen-bond acceptors (Lipinski definition) is 5. The Kier molecular flexibility index (Phi) is 4.21. The summed E-state index contributed by atoms with van der Waals surface area (Å²) in [5.41, 5.74) is -0.327. The maximum Gasteiger partial charge on any atom is 0.234 e. The van der Waals surface area contributed by atoms with Crippen molar-refractivity contribution in [2.45, 2.75) is 31.3 Å². The highest BCUT2D eigenvalue weighted by Gasteiger charge is 2.39. The Morgan fingerprint density at radius 1 is 1.47 bits per heavy atom. The van der Waals surface area contributed by atoms with Crippen LogP contribution in [0.25, 0.3) is 0 Å². The van der Waals surface area contributed by atoms with Crippen molar-refractivity contribution >= 4 is 23.5 Å². The first-order valence-electron chi connectivity index (χ1n) is 6.00. The Bertz CT molecular complexity index is 472. The van der Waals surface area contributed by atoms with E-state index < -0.39 is 0 Å². The van der Waals surface area contributed by atoms with E-state index in [1.807, 2.05) is 0 Å². The number of amides is 1. The van der Waals surface area contributed by atoms with E-state index in [1.54, 1.807) is 7.11 Å². The van der Waals surface area contributed by atoms with Crippen molar-refractivity contribution in [2.75, 3.05) is 19.5 Å². The van der Waals surface area contributed by atoms with E-state index in [4.69, 9.17) is 21.1 Å². The van der Waals surface area contributed by atoms with E-state index in [0.717, 1.165) is 19.3 Å². The molecule has 0 unspecified atom stereocenters. The molecule has 1 aliphatic carbocycles. The van der Waals surface area contributed by atoms with Crippen LogP contribution in [0.4, 0.5) is 5.95 Å². The lowest BCUT2D eigenvalue weighted by Gasteiger charge is -2.39. The molecule has 0 saturated heterocycles. The second-order valence-electron chi connectivity index (χ2n) is 4.52. The molecule has 0 bridgehead atoms. The van der Waals surface area contributed by atoms with Crippen LogP contribution in [0.15, 0.2) is 6.07 Å². The fraction of sp³-hybridized carbons (Fsp3) is 0.583. The molecule has 2 rings (SSSR count). The number of anilines is 1. The van der Waals surface area contributed by atoms with Crippen LogP contribution in [-0.2, 0) is 9.53 Å². The summed E-state index contributed by atoms with van der Waals surface area (Å²) in [7, 11) is 3.10. The molecule has 1 N–H and O–H groups in total. The number of carbonyl (C=O) groups is 1. The number of halogens is 1. The average Bonchev–Trinajstić information content (AvgIpc) is 2.33. The zero-order valence-electron chi connectivity index (χ0n) is 10.9. The average molecular weight is 286 g/mol. The van der Waals surface area contributed by atoms with Gasteiger partial charge < -0.3 is 9.47 Å². The van der Waals surface area contributed by atoms with Crippen LogP contribution in [0.2, 0.25) is 5.15 Å². The standard InChI is InChI=1S/C12H16ClN3O3/c1-18-10-6-8(13)14-11(16-10)15-9(17)7-12(19-2)4-3-5-12/h6H,3-5,7H2,1-2H3,(H,14,15,16,17). The van der Waals surface area contributed by atoms with Crippen LogP contribution in [-0.4, -0.2) is 35.7 Å². The Balaban J connectivity index is 2.00. The minimum absolute atomic E-state index is 0.139. The summed E-state index contributed by atoms with van der Waals surface area (Å²) in [6, 6.07) is 1.47. The number of nitrogens with zero attached hydrogens (tertiary/aromatic N) is 2. The van der Waals surface area contributed by atoms with Crippen molar-refractivity contribution in [3.05, 3.63) is 11.2 Å². The minimum Gasteiger partial charge on any atom is -0.481 e. The number of rotatable bonds is 5. The molecule has 104 valence electrons. The predicted octanol–water partition coefficient (Wildman–Crippen LogP) is 2.04. The van der Waals surface area contributed by atoms with Crippen LogP contribution in [0.5, 0.6) is 5.88 Å². The van der Waals surface area contributed by atoms with Gasteiger partial charge in [-0.25, -0.2) is 4.98 Å². The van der Waals surface area contributed by atoms with Gasteiger partial charge in [0.2, 0.25) is 17.7 Å². The molecule has 7 heteroatoms. The summed E-state index contributed by atoms with van der Waals surface area (Å²) in [5, 5.41) is 2.83. The first-order valence-corrected chi connectivity index (χ1v) is 6.38. The van der Waals surface area contributed by atoms with E-state index in [1.165, 1.54) is 13.2 Å². The molecule has 0 atom stereocenters. The van der Waals surface area contributed by atoms with Crippen LogP contribution < -0.4 is 10.1 Å².